The van der Waals surface area contributed by atoms with E-state index in [0.717, 1.165) is 57.8 Å². The Kier molecular flexibility index (Phi) is 6.42. The fraction of sp³-hybridized carbons (Fsp3) is 0.900. The van der Waals surface area contributed by atoms with E-state index in [4.69, 9.17) is 0 Å². The van der Waals surface area contributed by atoms with Gasteiger partial charge >= 0.3 is 5.97 Å². The molecule has 3 N–H and O–H groups in total. The highest BCUT2D eigenvalue weighted by Gasteiger charge is 2.63. The van der Waals surface area contributed by atoms with Gasteiger partial charge in [0.2, 0.25) is 0 Å². The van der Waals surface area contributed by atoms with Crippen LogP contribution in [-0.4, -0.2) is 34.0 Å². The van der Waals surface area contributed by atoms with Crippen LogP contribution in [0.4, 0.5) is 0 Å². The van der Waals surface area contributed by atoms with Gasteiger partial charge in [0.05, 0.1) is 18.1 Å². The van der Waals surface area contributed by atoms with Crippen molar-refractivity contribution in [1.29, 1.82) is 0 Å². The van der Waals surface area contributed by atoms with Gasteiger partial charge in [0.1, 0.15) is 0 Å². The summed E-state index contributed by atoms with van der Waals surface area (Å²) in [5, 5.41) is 31.7. The highest BCUT2D eigenvalue weighted by Crippen LogP contribution is 2.68. The van der Waals surface area contributed by atoms with E-state index in [1.807, 2.05) is 0 Å². The number of carboxylic acids is 1. The lowest BCUT2D eigenvalue weighted by molar-refractivity contribution is -0.169. The molecule has 4 aliphatic carbocycles. The summed E-state index contributed by atoms with van der Waals surface area (Å²) in [5.41, 5.74) is 0.633. The van der Waals surface area contributed by atoms with Crippen LogP contribution in [-0.2, 0) is 4.79 Å². The lowest BCUT2D eigenvalue weighted by Crippen LogP contribution is -2.59. The Bertz CT molecular complexity index is 847. The molecule has 3 fully saturated rings. The predicted molar refractivity (Wildman–Crippen MR) is 136 cm³/mol. The lowest BCUT2D eigenvalue weighted by Gasteiger charge is -2.64. The van der Waals surface area contributed by atoms with Crippen LogP contribution >= 0.6 is 0 Å². The predicted octanol–water partition coefficient (Wildman–Crippen LogP) is 6.45. The minimum atomic E-state index is -0.590. The van der Waals surface area contributed by atoms with Gasteiger partial charge in [0.15, 0.2) is 0 Å². The van der Waals surface area contributed by atoms with E-state index in [2.05, 4.69) is 54.5 Å². The Labute approximate surface area is 207 Å². The first kappa shape index (κ1) is 26.2. The van der Waals surface area contributed by atoms with Crippen LogP contribution in [0.15, 0.2) is 11.6 Å². The van der Waals surface area contributed by atoms with E-state index in [1.165, 1.54) is 5.57 Å². The second kappa shape index (κ2) is 8.33. The molecule has 0 aromatic rings. The van der Waals surface area contributed by atoms with Crippen LogP contribution in [0.1, 0.15) is 106 Å². The SMILES string of the molecule is CC[C@H]1[C@](C)(CO)[C@@H](O)CC[C@]1(C)[C@H]1CC=C2[C@@H]3CC(C)(C)CC[C@]3(C(=O)O)CC[C@@]2(C)[C@H]1C. The number of aliphatic hydroxyl groups is 2. The molecule has 0 amide bonds. The largest absolute Gasteiger partial charge is 0.481 e. The number of carbonyl (C=O) groups is 1. The molecule has 0 radical (unpaired) electrons. The summed E-state index contributed by atoms with van der Waals surface area (Å²) >= 11 is 0. The van der Waals surface area contributed by atoms with Gasteiger partial charge < -0.3 is 15.3 Å². The van der Waals surface area contributed by atoms with Gasteiger partial charge in [-0.1, -0.05) is 66.5 Å². The van der Waals surface area contributed by atoms with Gasteiger partial charge in [0.25, 0.3) is 0 Å². The third-order valence-electron chi connectivity index (χ3n) is 12.3. The molecule has 0 spiro atoms. The molecule has 0 aliphatic heterocycles. The molecule has 4 rings (SSSR count). The van der Waals surface area contributed by atoms with Crippen molar-refractivity contribution in [3.8, 4) is 0 Å². The molecule has 3 saturated carbocycles. The maximum atomic E-state index is 12.7. The van der Waals surface area contributed by atoms with Crippen molar-refractivity contribution in [2.75, 3.05) is 6.61 Å². The Morgan fingerprint density at radius 2 is 1.71 bits per heavy atom. The summed E-state index contributed by atoms with van der Waals surface area (Å²) in [4.78, 5) is 12.7. The molecule has 34 heavy (non-hydrogen) atoms. The molecular formula is C30H50O4. The number of carboxylic acid groups (broad SMARTS) is 1. The van der Waals surface area contributed by atoms with E-state index in [-0.39, 0.29) is 34.7 Å². The van der Waals surface area contributed by atoms with Crippen molar-refractivity contribution in [2.24, 2.45) is 50.7 Å². The molecule has 4 heteroatoms. The minimum Gasteiger partial charge on any atom is -0.481 e. The van der Waals surface area contributed by atoms with Gasteiger partial charge in [-0.15, -0.1) is 0 Å². The first-order valence-corrected chi connectivity index (χ1v) is 13.9. The van der Waals surface area contributed by atoms with Gasteiger partial charge in [-0.2, -0.15) is 0 Å². The van der Waals surface area contributed by atoms with E-state index < -0.39 is 22.9 Å². The summed E-state index contributed by atoms with van der Waals surface area (Å²) in [5.74, 6) is 0.736. The van der Waals surface area contributed by atoms with E-state index in [0.29, 0.717) is 11.8 Å². The summed E-state index contributed by atoms with van der Waals surface area (Å²) in [6, 6.07) is 0. The van der Waals surface area contributed by atoms with Crippen LogP contribution < -0.4 is 0 Å². The van der Waals surface area contributed by atoms with Gasteiger partial charge in [-0.05, 0) is 91.3 Å². The highest BCUT2D eigenvalue weighted by atomic mass is 16.4. The number of fused-ring (bicyclic) bond motifs is 3. The Balaban J connectivity index is 1.75. The molecule has 0 heterocycles. The second-order valence-electron chi connectivity index (χ2n) is 14.3. The molecular weight excluding hydrogens is 424 g/mol. The quantitative estimate of drug-likeness (QED) is 0.409. The van der Waals surface area contributed by atoms with Gasteiger partial charge in [0, 0.05) is 5.41 Å². The second-order valence-corrected chi connectivity index (χ2v) is 14.3. The van der Waals surface area contributed by atoms with E-state index in [9.17, 15) is 20.1 Å². The molecule has 4 aliphatic rings. The number of hydrogen-bond donors (Lipinski definition) is 3. The van der Waals surface area contributed by atoms with Crippen LogP contribution in [0.25, 0.3) is 0 Å². The van der Waals surface area contributed by atoms with Crippen molar-refractivity contribution in [3.05, 3.63) is 11.6 Å². The van der Waals surface area contributed by atoms with Crippen molar-refractivity contribution in [2.45, 2.75) is 112 Å². The highest BCUT2D eigenvalue weighted by molar-refractivity contribution is 5.76. The fourth-order valence-corrected chi connectivity index (χ4v) is 9.82. The number of allylic oxidation sites excluding steroid dienone is 2. The van der Waals surface area contributed by atoms with Crippen LogP contribution in [0.3, 0.4) is 0 Å². The molecule has 9 atom stereocenters. The maximum Gasteiger partial charge on any atom is 0.310 e. The molecule has 0 saturated heterocycles. The summed E-state index contributed by atoms with van der Waals surface area (Å²) in [6.45, 7) is 16.3. The van der Waals surface area contributed by atoms with E-state index >= 15 is 0 Å². The Hall–Kier alpha value is -0.870. The monoisotopic (exact) mass is 474 g/mol. The standard InChI is InChI=1S/C30H50O4/c1-8-23-28(6,12-11-24(32)29(23,7)18-31)20-9-10-21-22-17-26(3,4)13-15-30(22,25(33)34)16-14-27(21,5)19(20)2/h10,19-20,22-24,31-32H,8-9,11-18H2,1-7H3,(H,33,34)/t19-,20-,22-,23+,24-,27-,28+,29-,30-/m0/s1. The summed E-state index contributed by atoms with van der Waals surface area (Å²) < 4.78 is 0. The number of rotatable bonds is 4. The average molecular weight is 475 g/mol. The van der Waals surface area contributed by atoms with Crippen molar-refractivity contribution in [3.63, 3.8) is 0 Å². The van der Waals surface area contributed by atoms with Crippen molar-refractivity contribution >= 4 is 5.97 Å². The molecule has 0 unspecified atom stereocenters. The molecule has 194 valence electrons. The third kappa shape index (κ3) is 3.48. The average Bonchev–Trinajstić information content (AvgIpc) is 2.77. The first-order valence-electron chi connectivity index (χ1n) is 13.9. The zero-order valence-electron chi connectivity index (χ0n) is 22.8. The first-order chi connectivity index (χ1) is 15.7. The number of hydrogen-bond acceptors (Lipinski definition) is 3. The lowest BCUT2D eigenvalue weighted by atomic mass is 9.41. The van der Waals surface area contributed by atoms with Crippen LogP contribution in [0.5, 0.6) is 0 Å². The Morgan fingerprint density at radius 1 is 1.06 bits per heavy atom. The smallest absolute Gasteiger partial charge is 0.310 e. The van der Waals surface area contributed by atoms with Gasteiger partial charge in [-0.25, -0.2) is 0 Å². The number of aliphatic hydroxyl groups excluding tert-OH is 2. The van der Waals surface area contributed by atoms with Crippen LogP contribution in [0, 0.1) is 50.7 Å². The zero-order chi connectivity index (χ0) is 25.3. The van der Waals surface area contributed by atoms with Gasteiger partial charge in [-0.3, -0.25) is 4.79 Å². The summed E-state index contributed by atoms with van der Waals surface area (Å²) in [7, 11) is 0. The van der Waals surface area contributed by atoms with Crippen LogP contribution in [0.2, 0.25) is 0 Å². The summed E-state index contributed by atoms with van der Waals surface area (Å²) in [6.07, 6.45) is 10.2. The number of aliphatic carboxylic acids is 1. The molecule has 0 aromatic carbocycles. The van der Waals surface area contributed by atoms with E-state index in [1.54, 1.807) is 0 Å². The fourth-order valence-electron chi connectivity index (χ4n) is 9.82. The molecule has 0 aromatic heterocycles. The van der Waals surface area contributed by atoms with Crippen molar-refractivity contribution < 1.29 is 20.1 Å². The Morgan fingerprint density at radius 3 is 2.29 bits per heavy atom. The minimum absolute atomic E-state index is 0.0208. The molecule has 4 nitrogen and oxygen atoms in total. The normalized spacial score (nSPS) is 50.6. The zero-order valence-corrected chi connectivity index (χ0v) is 22.8. The maximum absolute atomic E-state index is 12.7. The van der Waals surface area contributed by atoms with Crippen molar-refractivity contribution in [1.82, 2.24) is 0 Å². The molecule has 0 bridgehead atoms. The topological polar surface area (TPSA) is 77.8 Å². The third-order valence-corrected chi connectivity index (χ3v) is 12.3.